The molecule has 0 saturated carbocycles. The minimum absolute atomic E-state index is 0.152. The lowest BCUT2D eigenvalue weighted by Gasteiger charge is -2.15. The molecule has 7 nitrogen and oxygen atoms in total. The lowest BCUT2D eigenvalue weighted by Crippen LogP contribution is -2.23. The van der Waals surface area contributed by atoms with Gasteiger partial charge in [0.1, 0.15) is 0 Å². The van der Waals surface area contributed by atoms with Gasteiger partial charge in [0, 0.05) is 23.6 Å². The molecule has 0 radical (unpaired) electrons. The maximum Gasteiger partial charge on any atom is 0.310 e. The number of fused-ring (bicyclic) bond motifs is 1. The van der Waals surface area contributed by atoms with Crippen molar-refractivity contribution >= 4 is 22.6 Å². The van der Waals surface area contributed by atoms with Gasteiger partial charge in [-0.3, -0.25) is 19.7 Å². The summed E-state index contributed by atoms with van der Waals surface area (Å²) in [7, 11) is 0. The average molecular weight is 352 g/mol. The molecule has 0 bridgehead atoms. The first-order valence-corrected chi connectivity index (χ1v) is 7.97. The third-order valence-electron chi connectivity index (χ3n) is 4.36. The van der Waals surface area contributed by atoms with Crippen molar-refractivity contribution in [2.45, 2.75) is 19.4 Å². The van der Waals surface area contributed by atoms with Crippen molar-refractivity contribution in [1.29, 1.82) is 0 Å². The fourth-order valence-corrected chi connectivity index (χ4v) is 2.93. The van der Waals surface area contributed by atoms with E-state index in [1.165, 1.54) is 35.8 Å². The standard InChI is InChI=1S/C19H16N2O5/c1-12(19(23)24)15-10-18(22)20(11-13-5-3-2-4-6-13)17-8-7-14(21(25)26)9-16(15)17/h2-10,12H,11H2,1H3,(H,23,24). The van der Waals surface area contributed by atoms with Gasteiger partial charge < -0.3 is 9.67 Å². The number of hydrogen-bond donors (Lipinski definition) is 1. The van der Waals surface area contributed by atoms with E-state index in [0.29, 0.717) is 10.9 Å². The molecule has 0 spiro atoms. The number of aliphatic carboxylic acids is 1. The summed E-state index contributed by atoms with van der Waals surface area (Å²) in [6, 6.07) is 14.7. The van der Waals surface area contributed by atoms with Gasteiger partial charge in [-0.05, 0) is 24.1 Å². The van der Waals surface area contributed by atoms with Gasteiger partial charge in [0.05, 0.1) is 22.9 Å². The molecule has 1 aromatic heterocycles. The highest BCUT2D eigenvalue weighted by Crippen LogP contribution is 2.28. The van der Waals surface area contributed by atoms with Crippen molar-refractivity contribution in [3.8, 4) is 0 Å². The number of carboxylic acid groups (broad SMARTS) is 1. The molecule has 1 unspecified atom stereocenters. The number of aromatic nitrogens is 1. The first kappa shape index (κ1) is 17.3. The highest BCUT2D eigenvalue weighted by molar-refractivity contribution is 5.90. The van der Waals surface area contributed by atoms with Crippen LogP contribution in [0.3, 0.4) is 0 Å². The Bertz CT molecular complexity index is 1060. The fraction of sp³-hybridized carbons (Fsp3) is 0.158. The predicted molar refractivity (Wildman–Crippen MR) is 96.5 cm³/mol. The summed E-state index contributed by atoms with van der Waals surface area (Å²) < 4.78 is 1.49. The quantitative estimate of drug-likeness (QED) is 0.561. The Morgan fingerprint density at radius 2 is 1.88 bits per heavy atom. The number of rotatable bonds is 5. The second-order valence-electron chi connectivity index (χ2n) is 6.03. The van der Waals surface area contributed by atoms with Crippen LogP contribution in [-0.2, 0) is 11.3 Å². The molecule has 1 heterocycles. The minimum atomic E-state index is -1.10. The monoisotopic (exact) mass is 352 g/mol. The van der Waals surface area contributed by atoms with Gasteiger partial charge in [0.15, 0.2) is 0 Å². The molecule has 0 aliphatic heterocycles. The van der Waals surface area contributed by atoms with Crippen LogP contribution in [0, 0.1) is 10.1 Å². The number of hydrogen-bond acceptors (Lipinski definition) is 4. The molecule has 0 aliphatic carbocycles. The van der Waals surface area contributed by atoms with Crippen molar-refractivity contribution in [3.63, 3.8) is 0 Å². The zero-order chi connectivity index (χ0) is 18.8. The SMILES string of the molecule is CC(C(=O)O)c1cc(=O)n(Cc2ccccc2)c2ccc([N+](=O)[O-])cc12. The zero-order valence-electron chi connectivity index (χ0n) is 14.0. The first-order chi connectivity index (χ1) is 12.4. The topological polar surface area (TPSA) is 102 Å². The number of nitrogens with zero attached hydrogens (tertiary/aromatic N) is 2. The molecule has 3 rings (SSSR count). The highest BCUT2D eigenvalue weighted by Gasteiger charge is 2.21. The Labute approximate surface area is 148 Å². The van der Waals surface area contributed by atoms with Crippen LogP contribution in [0.2, 0.25) is 0 Å². The molecule has 0 amide bonds. The maximum atomic E-state index is 12.6. The molecule has 0 fully saturated rings. The number of benzene rings is 2. The summed E-state index contributed by atoms with van der Waals surface area (Å²) in [5, 5.41) is 20.8. The molecule has 1 N–H and O–H groups in total. The van der Waals surface area contributed by atoms with Crippen molar-refractivity contribution in [2.75, 3.05) is 0 Å². The van der Waals surface area contributed by atoms with E-state index in [1.54, 1.807) is 0 Å². The van der Waals surface area contributed by atoms with E-state index < -0.39 is 16.8 Å². The second-order valence-corrected chi connectivity index (χ2v) is 6.03. The molecular formula is C19H16N2O5. The van der Waals surface area contributed by atoms with Crippen molar-refractivity contribution in [2.24, 2.45) is 0 Å². The Kier molecular flexibility index (Phi) is 4.53. The van der Waals surface area contributed by atoms with Gasteiger partial charge in [0.2, 0.25) is 0 Å². The summed E-state index contributed by atoms with van der Waals surface area (Å²) in [5.41, 5.74) is 1.13. The summed E-state index contributed by atoms with van der Waals surface area (Å²) >= 11 is 0. The van der Waals surface area contributed by atoms with Crippen LogP contribution in [0.1, 0.15) is 24.0 Å². The Hall–Kier alpha value is -3.48. The van der Waals surface area contributed by atoms with Gasteiger partial charge >= 0.3 is 5.97 Å². The van der Waals surface area contributed by atoms with Crippen LogP contribution in [0.15, 0.2) is 59.4 Å². The molecule has 7 heteroatoms. The molecule has 0 saturated heterocycles. The highest BCUT2D eigenvalue weighted by atomic mass is 16.6. The molecule has 1 atom stereocenters. The third-order valence-corrected chi connectivity index (χ3v) is 4.36. The predicted octanol–water partition coefficient (Wildman–Crippen LogP) is 3.15. The lowest BCUT2D eigenvalue weighted by molar-refractivity contribution is -0.384. The van der Waals surface area contributed by atoms with E-state index in [9.17, 15) is 24.8 Å². The van der Waals surface area contributed by atoms with Crippen molar-refractivity contribution in [3.05, 3.63) is 86.2 Å². The van der Waals surface area contributed by atoms with E-state index in [-0.39, 0.29) is 23.4 Å². The molecule has 26 heavy (non-hydrogen) atoms. The fourth-order valence-electron chi connectivity index (χ4n) is 2.93. The van der Waals surface area contributed by atoms with Gasteiger partial charge in [-0.2, -0.15) is 0 Å². The van der Waals surface area contributed by atoms with Crippen LogP contribution < -0.4 is 5.56 Å². The Morgan fingerprint density at radius 3 is 2.50 bits per heavy atom. The van der Waals surface area contributed by atoms with Crippen LogP contribution in [0.25, 0.3) is 10.9 Å². The van der Waals surface area contributed by atoms with Gasteiger partial charge in [0.25, 0.3) is 11.2 Å². The van der Waals surface area contributed by atoms with E-state index in [1.807, 2.05) is 30.3 Å². The summed E-state index contributed by atoms with van der Waals surface area (Å²) in [6.07, 6.45) is 0. The van der Waals surface area contributed by atoms with Crippen molar-refractivity contribution < 1.29 is 14.8 Å². The molecular weight excluding hydrogens is 336 g/mol. The van der Waals surface area contributed by atoms with Gasteiger partial charge in [-0.25, -0.2) is 0 Å². The van der Waals surface area contributed by atoms with Gasteiger partial charge in [-0.1, -0.05) is 30.3 Å². The number of nitro groups is 1. The van der Waals surface area contributed by atoms with Crippen LogP contribution in [0.5, 0.6) is 0 Å². The number of carboxylic acids is 1. The number of pyridine rings is 1. The normalized spacial score (nSPS) is 12.0. The Morgan fingerprint density at radius 1 is 1.19 bits per heavy atom. The first-order valence-electron chi connectivity index (χ1n) is 7.97. The van der Waals surface area contributed by atoms with Gasteiger partial charge in [-0.15, -0.1) is 0 Å². The van der Waals surface area contributed by atoms with Crippen LogP contribution in [0.4, 0.5) is 5.69 Å². The lowest BCUT2D eigenvalue weighted by atomic mass is 9.96. The van der Waals surface area contributed by atoms with E-state index in [4.69, 9.17) is 0 Å². The van der Waals surface area contributed by atoms with Crippen LogP contribution >= 0.6 is 0 Å². The summed E-state index contributed by atoms with van der Waals surface area (Å²) in [5.74, 6) is -2.06. The summed E-state index contributed by atoms with van der Waals surface area (Å²) in [4.78, 5) is 34.6. The van der Waals surface area contributed by atoms with E-state index in [0.717, 1.165) is 5.56 Å². The summed E-state index contributed by atoms with van der Waals surface area (Å²) in [6.45, 7) is 1.74. The molecule has 2 aromatic carbocycles. The number of nitro benzene ring substituents is 1. The second kappa shape index (κ2) is 6.79. The van der Waals surface area contributed by atoms with E-state index >= 15 is 0 Å². The minimum Gasteiger partial charge on any atom is -0.481 e. The molecule has 0 aliphatic rings. The Balaban J connectivity index is 2.28. The largest absolute Gasteiger partial charge is 0.481 e. The van der Waals surface area contributed by atoms with Crippen LogP contribution in [-0.4, -0.2) is 20.6 Å². The zero-order valence-corrected chi connectivity index (χ0v) is 14.0. The molecule has 3 aromatic rings. The average Bonchev–Trinajstić information content (AvgIpc) is 2.63. The number of carbonyl (C=O) groups is 1. The molecule has 132 valence electrons. The van der Waals surface area contributed by atoms with E-state index in [2.05, 4.69) is 0 Å². The maximum absolute atomic E-state index is 12.6. The smallest absolute Gasteiger partial charge is 0.310 e. The third kappa shape index (κ3) is 3.19. The van der Waals surface area contributed by atoms with Crippen molar-refractivity contribution in [1.82, 2.24) is 4.57 Å². The number of non-ortho nitro benzene ring substituents is 1.